The molecule has 37 heavy (non-hydrogen) atoms. The maximum atomic E-state index is 12.0. The van der Waals surface area contributed by atoms with Crippen molar-refractivity contribution in [2.75, 3.05) is 26.2 Å². The topological polar surface area (TPSA) is 86.1 Å². The second-order valence-corrected chi connectivity index (χ2v) is 8.70. The predicted molar refractivity (Wildman–Crippen MR) is 143 cm³/mol. The summed E-state index contributed by atoms with van der Waals surface area (Å²) < 4.78 is 22.3. The fourth-order valence-electron chi connectivity index (χ4n) is 4.47. The Morgan fingerprint density at radius 3 is 2.59 bits per heavy atom. The van der Waals surface area contributed by atoms with Crippen LogP contribution < -0.4 is 19.7 Å². The molecule has 0 spiro atoms. The van der Waals surface area contributed by atoms with E-state index < -0.39 is 5.97 Å². The normalized spacial score (nSPS) is 16.8. The van der Waals surface area contributed by atoms with Gasteiger partial charge in [-0.2, -0.15) is 0 Å². The fraction of sp³-hybridized carbons (Fsp3) is 0.179. The van der Waals surface area contributed by atoms with Gasteiger partial charge in [0.2, 0.25) is 0 Å². The van der Waals surface area contributed by atoms with Crippen molar-refractivity contribution < 1.29 is 23.4 Å². The number of aromatic nitrogens is 1. The van der Waals surface area contributed by atoms with Gasteiger partial charge in [0.05, 0.1) is 44.3 Å². The third-order valence-corrected chi connectivity index (χ3v) is 6.55. The van der Waals surface area contributed by atoms with Crippen molar-refractivity contribution in [1.29, 1.82) is 0 Å². The highest BCUT2D eigenvalue weighted by Gasteiger charge is 2.43. The van der Waals surface area contributed by atoms with E-state index in [1.165, 1.54) is 7.11 Å². The van der Waals surface area contributed by atoms with Crippen LogP contribution in [-0.4, -0.2) is 37.4 Å². The van der Waals surface area contributed by atoms with Gasteiger partial charge >= 0.3 is 5.97 Å². The monoisotopic (exact) mass is 515 g/mol. The largest absolute Gasteiger partial charge is 0.497 e. The first kappa shape index (κ1) is 24.3. The lowest BCUT2D eigenvalue weighted by molar-refractivity contribution is 0.0601. The van der Waals surface area contributed by atoms with Crippen LogP contribution in [0.3, 0.4) is 0 Å². The van der Waals surface area contributed by atoms with Crippen LogP contribution in [0.1, 0.15) is 33.9 Å². The summed E-state index contributed by atoms with van der Waals surface area (Å²) in [7, 11) is 4.57. The fourth-order valence-corrected chi connectivity index (χ4v) is 4.81. The van der Waals surface area contributed by atoms with Gasteiger partial charge in [-0.15, -0.1) is 0 Å². The Labute approximate surface area is 219 Å². The Morgan fingerprint density at radius 2 is 1.86 bits per heavy atom. The van der Waals surface area contributed by atoms with Crippen LogP contribution in [0.15, 0.2) is 83.4 Å². The SMILES string of the molecule is COC(=O)c1cccc(-c2ccc([C@@H]3[C@H](c4ccccn4)NC(=S)N3c3ccc(OC)cc3OC)o2)c1. The van der Waals surface area contributed by atoms with Gasteiger partial charge in [-0.25, -0.2) is 4.79 Å². The third kappa shape index (κ3) is 4.61. The third-order valence-electron chi connectivity index (χ3n) is 6.23. The molecule has 2 aromatic heterocycles. The standard InChI is InChI=1S/C28H25N3O5S/c1-33-19-10-11-21(24(16-19)34-2)31-26(25(30-28(31)37)20-9-4-5-14-29-20)23-13-12-22(36-23)17-7-6-8-18(15-17)27(32)35-3/h4-16,25-26H,1-3H3,(H,30,37)/t25-,26+/m0/s1. The molecule has 1 fully saturated rings. The summed E-state index contributed by atoms with van der Waals surface area (Å²) in [6, 6.07) is 21.6. The molecule has 0 bridgehead atoms. The summed E-state index contributed by atoms with van der Waals surface area (Å²) in [5.74, 6) is 2.14. The van der Waals surface area contributed by atoms with Crippen LogP contribution in [0.2, 0.25) is 0 Å². The maximum Gasteiger partial charge on any atom is 0.337 e. The Kier molecular flexibility index (Phi) is 6.78. The van der Waals surface area contributed by atoms with Crippen molar-refractivity contribution in [1.82, 2.24) is 10.3 Å². The van der Waals surface area contributed by atoms with Gasteiger partial charge in [0, 0.05) is 17.8 Å². The molecule has 1 N–H and O–H groups in total. The van der Waals surface area contributed by atoms with Crippen molar-refractivity contribution >= 4 is 29.0 Å². The molecule has 1 aliphatic heterocycles. The highest BCUT2D eigenvalue weighted by atomic mass is 32.1. The second-order valence-electron chi connectivity index (χ2n) is 8.31. The van der Waals surface area contributed by atoms with E-state index in [0.29, 0.717) is 33.7 Å². The summed E-state index contributed by atoms with van der Waals surface area (Å²) in [6.45, 7) is 0. The van der Waals surface area contributed by atoms with E-state index in [1.54, 1.807) is 38.6 Å². The van der Waals surface area contributed by atoms with Crippen molar-refractivity contribution in [3.05, 3.63) is 96.0 Å². The van der Waals surface area contributed by atoms with Crippen molar-refractivity contribution in [2.24, 2.45) is 0 Å². The van der Waals surface area contributed by atoms with E-state index in [4.69, 9.17) is 30.8 Å². The molecular weight excluding hydrogens is 490 g/mol. The number of rotatable bonds is 7. The Balaban J connectivity index is 1.60. The summed E-state index contributed by atoms with van der Waals surface area (Å²) in [4.78, 5) is 18.6. The number of benzene rings is 2. The van der Waals surface area contributed by atoms with Crippen molar-refractivity contribution in [3.63, 3.8) is 0 Å². The lowest BCUT2D eigenvalue weighted by Crippen LogP contribution is -2.29. The minimum Gasteiger partial charge on any atom is -0.497 e. The van der Waals surface area contributed by atoms with Crippen molar-refractivity contribution in [3.8, 4) is 22.8 Å². The summed E-state index contributed by atoms with van der Waals surface area (Å²) in [5.41, 5.74) is 2.77. The van der Waals surface area contributed by atoms with E-state index in [2.05, 4.69) is 10.3 Å². The highest BCUT2D eigenvalue weighted by molar-refractivity contribution is 7.80. The lowest BCUT2D eigenvalue weighted by Gasteiger charge is -2.27. The van der Waals surface area contributed by atoms with Crippen LogP contribution in [0.4, 0.5) is 5.69 Å². The number of pyridine rings is 1. The second kappa shape index (κ2) is 10.3. The molecule has 0 radical (unpaired) electrons. The molecule has 2 atom stereocenters. The van der Waals surface area contributed by atoms with Gasteiger partial charge < -0.3 is 28.8 Å². The number of nitrogens with one attached hydrogen (secondary N) is 1. The van der Waals surface area contributed by atoms with Crippen LogP contribution >= 0.6 is 12.2 Å². The van der Waals surface area contributed by atoms with Crippen LogP contribution in [0, 0.1) is 0 Å². The zero-order valence-electron chi connectivity index (χ0n) is 20.5. The van der Waals surface area contributed by atoms with E-state index in [9.17, 15) is 4.79 Å². The quantitative estimate of drug-likeness (QED) is 0.259. The summed E-state index contributed by atoms with van der Waals surface area (Å²) >= 11 is 5.81. The van der Waals surface area contributed by atoms with E-state index in [1.807, 2.05) is 59.5 Å². The van der Waals surface area contributed by atoms with Crippen LogP contribution in [0.5, 0.6) is 11.5 Å². The van der Waals surface area contributed by atoms with Crippen LogP contribution in [-0.2, 0) is 4.74 Å². The molecular formula is C28H25N3O5S. The van der Waals surface area contributed by atoms with E-state index >= 15 is 0 Å². The van der Waals surface area contributed by atoms with Gasteiger partial charge in [0.25, 0.3) is 0 Å². The number of esters is 1. The first-order chi connectivity index (χ1) is 18.0. The van der Waals surface area contributed by atoms with Gasteiger partial charge in [0.1, 0.15) is 29.1 Å². The average Bonchev–Trinajstić information content (AvgIpc) is 3.57. The van der Waals surface area contributed by atoms with E-state index in [-0.39, 0.29) is 12.1 Å². The number of anilines is 1. The van der Waals surface area contributed by atoms with E-state index in [0.717, 1.165) is 16.9 Å². The number of hydrogen-bond donors (Lipinski definition) is 1. The van der Waals surface area contributed by atoms with Gasteiger partial charge in [0.15, 0.2) is 5.11 Å². The number of hydrogen-bond acceptors (Lipinski definition) is 7. The van der Waals surface area contributed by atoms with Gasteiger partial charge in [-0.3, -0.25) is 4.98 Å². The van der Waals surface area contributed by atoms with Crippen molar-refractivity contribution in [2.45, 2.75) is 12.1 Å². The molecule has 1 aliphatic rings. The number of carbonyl (C=O) groups is 1. The highest BCUT2D eigenvalue weighted by Crippen LogP contribution is 2.46. The molecule has 9 heteroatoms. The molecule has 0 unspecified atom stereocenters. The Hall–Kier alpha value is -4.37. The molecule has 188 valence electrons. The lowest BCUT2D eigenvalue weighted by atomic mass is 10.0. The minimum atomic E-state index is -0.410. The first-order valence-electron chi connectivity index (χ1n) is 11.5. The van der Waals surface area contributed by atoms with Gasteiger partial charge in [-0.05, 0) is 60.7 Å². The summed E-state index contributed by atoms with van der Waals surface area (Å²) in [6.07, 6.45) is 1.75. The number of thiocarbonyl (C=S) groups is 1. The number of furan rings is 1. The maximum absolute atomic E-state index is 12.0. The number of carbonyl (C=O) groups excluding carboxylic acids is 1. The Morgan fingerprint density at radius 1 is 1.00 bits per heavy atom. The zero-order valence-corrected chi connectivity index (χ0v) is 21.3. The molecule has 8 nitrogen and oxygen atoms in total. The predicted octanol–water partition coefficient (Wildman–Crippen LogP) is 5.32. The Bertz CT molecular complexity index is 1440. The molecule has 0 amide bonds. The molecule has 2 aromatic carbocycles. The van der Waals surface area contributed by atoms with Gasteiger partial charge in [-0.1, -0.05) is 18.2 Å². The van der Waals surface area contributed by atoms with Crippen LogP contribution in [0.25, 0.3) is 11.3 Å². The number of methoxy groups -OCH3 is 3. The molecule has 0 aliphatic carbocycles. The molecule has 0 saturated carbocycles. The molecule has 3 heterocycles. The number of nitrogens with zero attached hydrogens (tertiary/aromatic N) is 2. The first-order valence-corrected chi connectivity index (χ1v) is 12.0. The average molecular weight is 516 g/mol. The molecule has 4 aromatic rings. The molecule has 1 saturated heterocycles. The summed E-state index contributed by atoms with van der Waals surface area (Å²) in [5, 5.41) is 3.92. The smallest absolute Gasteiger partial charge is 0.337 e. The zero-order chi connectivity index (χ0) is 25.9. The minimum absolute atomic E-state index is 0.291. The number of ether oxygens (including phenoxy) is 3. The molecule has 5 rings (SSSR count).